The Morgan fingerprint density at radius 2 is 2.00 bits per heavy atom. The predicted octanol–water partition coefficient (Wildman–Crippen LogP) is 1.76. The Balaban J connectivity index is 1.87. The zero-order valence-electron chi connectivity index (χ0n) is 13.4. The fourth-order valence-electron chi connectivity index (χ4n) is 3.76. The molecule has 0 aromatic carbocycles. The van der Waals surface area contributed by atoms with Crippen molar-refractivity contribution < 1.29 is 4.79 Å². The summed E-state index contributed by atoms with van der Waals surface area (Å²) < 4.78 is 0. The Labute approximate surface area is 123 Å². The Bertz CT molecular complexity index is 324. The molecule has 1 saturated carbocycles. The highest BCUT2D eigenvalue weighted by atomic mass is 16.1. The van der Waals surface area contributed by atoms with Crippen LogP contribution in [0.15, 0.2) is 0 Å². The number of amides is 1. The van der Waals surface area contributed by atoms with Crippen molar-refractivity contribution in [3.05, 3.63) is 0 Å². The van der Waals surface area contributed by atoms with Gasteiger partial charge in [-0.15, -0.1) is 0 Å². The van der Waals surface area contributed by atoms with E-state index in [9.17, 15) is 4.79 Å². The molecule has 2 N–H and O–H groups in total. The molecule has 2 atom stereocenters. The fourth-order valence-corrected chi connectivity index (χ4v) is 3.76. The maximum absolute atomic E-state index is 12.4. The van der Waals surface area contributed by atoms with Crippen LogP contribution in [0.5, 0.6) is 0 Å². The smallest absolute Gasteiger partial charge is 0.223 e. The first-order chi connectivity index (χ1) is 9.53. The predicted molar refractivity (Wildman–Crippen MR) is 82.7 cm³/mol. The summed E-state index contributed by atoms with van der Waals surface area (Å²) in [4.78, 5) is 14.7. The third-order valence-corrected chi connectivity index (χ3v) is 5.32. The number of nitrogens with one attached hydrogen (secondary N) is 2. The Hall–Kier alpha value is -0.610. The van der Waals surface area contributed by atoms with E-state index >= 15 is 0 Å². The average molecular weight is 281 g/mol. The summed E-state index contributed by atoms with van der Waals surface area (Å²) in [5.74, 6) is 0.471. The monoisotopic (exact) mass is 281 g/mol. The summed E-state index contributed by atoms with van der Waals surface area (Å²) in [6.07, 6.45) is 8.30. The minimum absolute atomic E-state index is 0.187. The van der Waals surface area contributed by atoms with Crippen LogP contribution in [0.2, 0.25) is 0 Å². The van der Waals surface area contributed by atoms with Crippen LogP contribution in [-0.2, 0) is 4.79 Å². The SMILES string of the molecule is CC1CC(C(=O)NCC2(N(C)C)CCCCC2)CCN1. The molecule has 0 spiro atoms. The number of carbonyl (C=O) groups excluding carboxylic acids is 1. The third kappa shape index (κ3) is 3.73. The van der Waals surface area contributed by atoms with Crippen molar-refractivity contribution in [2.75, 3.05) is 27.2 Å². The van der Waals surface area contributed by atoms with E-state index in [2.05, 4.69) is 36.6 Å². The van der Waals surface area contributed by atoms with Crippen molar-refractivity contribution in [2.45, 2.75) is 63.5 Å². The van der Waals surface area contributed by atoms with Crippen molar-refractivity contribution in [1.82, 2.24) is 15.5 Å². The van der Waals surface area contributed by atoms with Crippen LogP contribution in [0.3, 0.4) is 0 Å². The van der Waals surface area contributed by atoms with E-state index in [4.69, 9.17) is 0 Å². The van der Waals surface area contributed by atoms with Crippen LogP contribution in [-0.4, -0.2) is 49.6 Å². The molecule has 0 aromatic rings. The topological polar surface area (TPSA) is 44.4 Å². The van der Waals surface area contributed by atoms with Gasteiger partial charge < -0.3 is 15.5 Å². The normalized spacial score (nSPS) is 30.2. The molecule has 1 aliphatic heterocycles. The molecule has 2 unspecified atom stereocenters. The van der Waals surface area contributed by atoms with Crippen molar-refractivity contribution >= 4 is 5.91 Å². The van der Waals surface area contributed by atoms with E-state index in [0.717, 1.165) is 25.9 Å². The van der Waals surface area contributed by atoms with Crippen molar-refractivity contribution in [3.63, 3.8) is 0 Å². The summed E-state index contributed by atoms with van der Waals surface area (Å²) in [6, 6.07) is 0.469. The first kappa shape index (κ1) is 15.8. The van der Waals surface area contributed by atoms with E-state index in [1.807, 2.05) is 0 Å². The molecule has 0 bridgehead atoms. The minimum atomic E-state index is 0.187. The molecular weight excluding hydrogens is 250 g/mol. The Kier molecular flexibility index (Phi) is 5.44. The van der Waals surface area contributed by atoms with Crippen LogP contribution in [0.25, 0.3) is 0 Å². The van der Waals surface area contributed by atoms with Crippen LogP contribution >= 0.6 is 0 Å². The van der Waals surface area contributed by atoms with Crippen LogP contribution in [0.4, 0.5) is 0 Å². The first-order valence-electron chi connectivity index (χ1n) is 8.22. The summed E-state index contributed by atoms with van der Waals surface area (Å²) >= 11 is 0. The average Bonchev–Trinajstić information content (AvgIpc) is 2.45. The van der Waals surface area contributed by atoms with Gasteiger partial charge in [-0.05, 0) is 53.2 Å². The van der Waals surface area contributed by atoms with Crippen LogP contribution in [0.1, 0.15) is 51.9 Å². The minimum Gasteiger partial charge on any atom is -0.354 e. The molecular formula is C16H31N3O. The van der Waals surface area contributed by atoms with E-state index < -0.39 is 0 Å². The molecule has 2 rings (SSSR count). The van der Waals surface area contributed by atoms with Crippen LogP contribution < -0.4 is 10.6 Å². The molecule has 2 aliphatic rings. The molecule has 4 heteroatoms. The van der Waals surface area contributed by atoms with Gasteiger partial charge in [-0.25, -0.2) is 0 Å². The highest BCUT2D eigenvalue weighted by Gasteiger charge is 2.35. The summed E-state index contributed by atoms with van der Waals surface area (Å²) in [5.41, 5.74) is 0.187. The number of nitrogens with zero attached hydrogens (tertiary/aromatic N) is 1. The maximum atomic E-state index is 12.4. The van der Waals surface area contributed by atoms with Gasteiger partial charge in [0.05, 0.1) is 0 Å². The maximum Gasteiger partial charge on any atom is 0.223 e. The van der Waals surface area contributed by atoms with Crippen molar-refractivity contribution in [2.24, 2.45) is 5.92 Å². The number of hydrogen-bond acceptors (Lipinski definition) is 3. The lowest BCUT2D eigenvalue weighted by Crippen LogP contribution is -2.55. The van der Waals surface area contributed by atoms with Gasteiger partial charge in [-0.3, -0.25) is 4.79 Å². The first-order valence-corrected chi connectivity index (χ1v) is 8.22. The Morgan fingerprint density at radius 3 is 2.60 bits per heavy atom. The molecule has 0 radical (unpaired) electrons. The number of carbonyl (C=O) groups is 1. The standard InChI is InChI=1S/C16H31N3O/c1-13-11-14(7-10-17-13)15(20)18-12-16(19(2)3)8-5-4-6-9-16/h13-14,17H,4-12H2,1-3H3,(H,18,20). The second kappa shape index (κ2) is 6.90. The molecule has 1 aliphatic carbocycles. The number of rotatable bonds is 4. The lowest BCUT2D eigenvalue weighted by atomic mass is 9.80. The molecule has 116 valence electrons. The summed E-state index contributed by atoms with van der Waals surface area (Å²) in [5, 5.41) is 6.67. The summed E-state index contributed by atoms with van der Waals surface area (Å²) in [6.45, 7) is 3.96. The molecule has 1 saturated heterocycles. The van der Waals surface area contributed by atoms with Gasteiger partial charge in [0.25, 0.3) is 0 Å². The van der Waals surface area contributed by atoms with Gasteiger partial charge >= 0.3 is 0 Å². The summed E-state index contributed by atoms with van der Waals surface area (Å²) in [7, 11) is 4.31. The molecule has 1 heterocycles. The second-order valence-electron chi connectivity index (χ2n) is 6.97. The van der Waals surface area contributed by atoms with Crippen LogP contribution in [0, 0.1) is 5.92 Å². The highest BCUT2D eigenvalue weighted by Crippen LogP contribution is 2.31. The van der Waals surface area contributed by atoms with Crippen molar-refractivity contribution in [1.29, 1.82) is 0 Å². The van der Waals surface area contributed by atoms with Gasteiger partial charge in [0.1, 0.15) is 0 Å². The lowest BCUT2D eigenvalue weighted by molar-refractivity contribution is -0.126. The highest BCUT2D eigenvalue weighted by molar-refractivity contribution is 5.78. The fraction of sp³-hybridized carbons (Fsp3) is 0.938. The second-order valence-corrected chi connectivity index (χ2v) is 6.97. The zero-order valence-corrected chi connectivity index (χ0v) is 13.4. The number of hydrogen-bond donors (Lipinski definition) is 2. The third-order valence-electron chi connectivity index (χ3n) is 5.32. The lowest BCUT2D eigenvalue weighted by Gasteiger charge is -2.43. The molecule has 0 aromatic heterocycles. The van der Waals surface area contributed by atoms with Gasteiger partial charge in [0, 0.05) is 24.0 Å². The van der Waals surface area contributed by atoms with E-state index in [1.165, 1.54) is 32.1 Å². The number of likely N-dealkylation sites (N-methyl/N-ethyl adjacent to an activating group) is 1. The van der Waals surface area contributed by atoms with E-state index in [0.29, 0.717) is 6.04 Å². The van der Waals surface area contributed by atoms with Gasteiger partial charge in [-0.2, -0.15) is 0 Å². The molecule has 1 amide bonds. The zero-order chi connectivity index (χ0) is 14.6. The molecule has 20 heavy (non-hydrogen) atoms. The van der Waals surface area contributed by atoms with Crippen molar-refractivity contribution in [3.8, 4) is 0 Å². The van der Waals surface area contributed by atoms with Gasteiger partial charge in [0.15, 0.2) is 0 Å². The Morgan fingerprint density at radius 1 is 1.30 bits per heavy atom. The van der Waals surface area contributed by atoms with E-state index in [-0.39, 0.29) is 17.4 Å². The van der Waals surface area contributed by atoms with Gasteiger partial charge in [-0.1, -0.05) is 19.3 Å². The molecule has 4 nitrogen and oxygen atoms in total. The largest absolute Gasteiger partial charge is 0.354 e. The molecule has 2 fully saturated rings. The van der Waals surface area contributed by atoms with E-state index in [1.54, 1.807) is 0 Å². The quantitative estimate of drug-likeness (QED) is 0.825. The number of piperidine rings is 1. The van der Waals surface area contributed by atoms with Gasteiger partial charge in [0.2, 0.25) is 5.91 Å².